The van der Waals surface area contributed by atoms with Crippen LogP contribution in [-0.4, -0.2) is 35.8 Å². The molecule has 0 radical (unpaired) electrons. The fourth-order valence-corrected chi connectivity index (χ4v) is 3.09. The van der Waals surface area contributed by atoms with Crippen LogP contribution in [0.25, 0.3) is 0 Å². The van der Waals surface area contributed by atoms with E-state index in [1.807, 2.05) is 23.1 Å². The Bertz CT molecular complexity index is 546. The van der Waals surface area contributed by atoms with Crippen LogP contribution in [-0.2, 0) is 15.0 Å². The van der Waals surface area contributed by atoms with E-state index in [2.05, 4.69) is 38.2 Å². The van der Waals surface area contributed by atoms with Gasteiger partial charge < -0.3 is 10.2 Å². The third-order valence-corrected chi connectivity index (χ3v) is 5.27. The molecule has 1 atom stereocenters. The largest absolute Gasteiger partial charge is 0.353 e. The molecule has 1 fully saturated rings. The number of amides is 2. The number of carbonyl (C=O) groups is 2. The van der Waals surface area contributed by atoms with Crippen molar-refractivity contribution in [1.29, 1.82) is 0 Å². The molecule has 1 aromatic carbocycles. The maximum atomic E-state index is 12.5. The number of nitrogens with zero attached hydrogens (tertiary/aromatic N) is 1. The lowest BCUT2D eigenvalue weighted by Crippen LogP contribution is -2.49. The molecule has 23 heavy (non-hydrogen) atoms. The van der Waals surface area contributed by atoms with Gasteiger partial charge in [0.25, 0.3) is 0 Å². The van der Waals surface area contributed by atoms with Crippen LogP contribution in [0.4, 0.5) is 0 Å². The molecule has 0 aromatic heterocycles. The van der Waals surface area contributed by atoms with Crippen LogP contribution in [0, 0.1) is 5.92 Å². The Kier molecular flexibility index (Phi) is 5.45. The molecule has 2 rings (SSSR count). The van der Waals surface area contributed by atoms with E-state index < -0.39 is 0 Å². The minimum absolute atomic E-state index is 0.0135. The normalized spacial score (nSPS) is 17.7. The first kappa shape index (κ1) is 17.5. The predicted octanol–water partition coefficient (Wildman–Crippen LogP) is 2.73. The van der Waals surface area contributed by atoms with Crippen LogP contribution in [0.15, 0.2) is 30.3 Å². The zero-order chi connectivity index (χ0) is 17.0. The van der Waals surface area contributed by atoms with Crippen LogP contribution in [0.1, 0.15) is 46.1 Å². The highest BCUT2D eigenvalue weighted by atomic mass is 16.2. The van der Waals surface area contributed by atoms with Gasteiger partial charge in [0.05, 0.1) is 0 Å². The van der Waals surface area contributed by atoms with Gasteiger partial charge in [-0.25, -0.2) is 0 Å². The van der Waals surface area contributed by atoms with Crippen molar-refractivity contribution in [2.45, 2.75) is 52.0 Å². The molecule has 4 heteroatoms. The second-order valence-electron chi connectivity index (χ2n) is 7.10. The van der Waals surface area contributed by atoms with Crippen molar-refractivity contribution in [3.63, 3.8) is 0 Å². The molecule has 0 aliphatic carbocycles. The summed E-state index contributed by atoms with van der Waals surface area (Å²) in [6, 6.07) is 10.3. The van der Waals surface area contributed by atoms with E-state index in [0.717, 1.165) is 12.8 Å². The number of hydrogen-bond donors (Lipinski definition) is 1. The highest BCUT2D eigenvalue weighted by Crippen LogP contribution is 2.27. The van der Waals surface area contributed by atoms with Crippen molar-refractivity contribution in [3.8, 4) is 0 Å². The quantitative estimate of drug-likeness (QED) is 0.928. The highest BCUT2D eigenvalue weighted by Gasteiger charge is 2.32. The molecule has 1 heterocycles. The molecule has 0 unspecified atom stereocenters. The van der Waals surface area contributed by atoms with E-state index >= 15 is 0 Å². The summed E-state index contributed by atoms with van der Waals surface area (Å²) in [5.74, 6) is 0.228. The molecule has 1 aliphatic heterocycles. The predicted molar refractivity (Wildman–Crippen MR) is 92.1 cm³/mol. The molecule has 0 bridgehead atoms. The molecule has 2 amide bonds. The number of likely N-dealkylation sites (tertiary alicyclic amines) is 1. The SMILES string of the molecule is CC(=O)N1CCC(C(=O)N[C@H](C)C(C)(C)c2ccccc2)CC1. The van der Waals surface area contributed by atoms with Crippen LogP contribution in [0.5, 0.6) is 0 Å². The van der Waals surface area contributed by atoms with E-state index in [9.17, 15) is 9.59 Å². The van der Waals surface area contributed by atoms with Crippen molar-refractivity contribution < 1.29 is 9.59 Å². The Morgan fingerprint density at radius 1 is 1.17 bits per heavy atom. The summed E-state index contributed by atoms with van der Waals surface area (Å²) in [6.45, 7) is 9.34. The number of carbonyl (C=O) groups excluding carboxylic acids is 2. The van der Waals surface area contributed by atoms with E-state index in [0.29, 0.717) is 13.1 Å². The molecule has 0 spiro atoms. The summed E-state index contributed by atoms with van der Waals surface area (Å²) >= 11 is 0. The number of hydrogen-bond acceptors (Lipinski definition) is 2. The Balaban J connectivity index is 1.94. The minimum Gasteiger partial charge on any atom is -0.353 e. The Hall–Kier alpha value is -1.84. The van der Waals surface area contributed by atoms with Crippen molar-refractivity contribution in [2.75, 3.05) is 13.1 Å². The molecule has 1 N–H and O–H groups in total. The van der Waals surface area contributed by atoms with Gasteiger partial charge in [-0.15, -0.1) is 0 Å². The molecule has 1 saturated heterocycles. The van der Waals surface area contributed by atoms with Crippen molar-refractivity contribution in [1.82, 2.24) is 10.2 Å². The van der Waals surface area contributed by atoms with Gasteiger partial charge in [-0.05, 0) is 25.3 Å². The second-order valence-corrected chi connectivity index (χ2v) is 7.10. The fraction of sp³-hybridized carbons (Fsp3) is 0.579. The van der Waals surface area contributed by atoms with Gasteiger partial charge in [0.2, 0.25) is 11.8 Å². The van der Waals surface area contributed by atoms with Gasteiger partial charge in [-0.1, -0.05) is 44.2 Å². The number of nitrogens with one attached hydrogen (secondary N) is 1. The molecule has 0 saturated carbocycles. The van der Waals surface area contributed by atoms with Crippen LogP contribution >= 0.6 is 0 Å². The number of benzene rings is 1. The molecular formula is C19H28N2O2. The second kappa shape index (κ2) is 7.16. The average Bonchev–Trinajstić information content (AvgIpc) is 2.55. The Morgan fingerprint density at radius 3 is 2.26 bits per heavy atom. The van der Waals surface area contributed by atoms with Crippen molar-refractivity contribution in [2.24, 2.45) is 5.92 Å². The van der Waals surface area contributed by atoms with Crippen molar-refractivity contribution >= 4 is 11.8 Å². The molecular weight excluding hydrogens is 288 g/mol. The monoisotopic (exact) mass is 316 g/mol. The third kappa shape index (κ3) is 4.12. The number of piperidine rings is 1. The summed E-state index contributed by atoms with van der Waals surface area (Å²) in [6.07, 6.45) is 1.51. The maximum absolute atomic E-state index is 12.5. The van der Waals surface area contributed by atoms with Crippen molar-refractivity contribution in [3.05, 3.63) is 35.9 Å². The van der Waals surface area contributed by atoms with Gasteiger partial charge in [0.15, 0.2) is 0 Å². The van der Waals surface area contributed by atoms with Crippen LogP contribution < -0.4 is 5.32 Å². The van der Waals surface area contributed by atoms with Gasteiger partial charge in [-0.2, -0.15) is 0 Å². The topological polar surface area (TPSA) is 49.4 Å². The Labute approximate surface area is 139 Å². The van der Waals surface area contributed by atoms with Crippen LogP contribution in [0.2, 0.25) is 0 Å². The Morgan fingerprint density at radius 2 is 1.74 bits per heavy atom. The lowest BCUT2D eigenvalue weighted by Gasteiger charge is -2.36. The van der Waals surface area contributed by atoms with E-state index in [1.165, 1.54) is 5.56 Å². The van der Waals surface area contributed by atoms with E-state index in [1.54, 1.807) is 6.92 Å². The van der Waals surface area contributed by atoms with Gasteiger partial charge in [-0.3, -0.25) is 9.59 Å². The van der Waals surface area contributed by atoms with Gasteiger partial charge in [0, 0.05) is 37.4 Å². The van der Waals surface area contributed by atoms with Crippen LogP contribution in [0.3, 0.4) is 0 Å². The average molecular weight is 316 g/mol. The number of rotatable bonds is 4. The minimum atomic E-state index is -0.128. The zero-order valence-corrected chi connectivity index (χ0v) is 14.6. The zero-order valence-electron chi connectivity index (χ0n) is 14.6. The first-order chi connectivity index (χ1) is 10.8. The first-order valence-corrected chi connectivity index (χ1v) is 8.43. The summed E-state index contributed by atoms with van der Waals surface area (Å²) in [7, 11) is 0. The molecule has 4 nitrogen and oxygen atoms in total. The first-order valence-electron chi connectivity index (χ1n) is 8.43. The summed E-state index contributed by atoms with van der Waals surface area (Å²) in [5, 5.41) is 3.19. The van der Waals surface area contributed by atoms with Gasteiger partial charge in [0.1, 0.15) is 0 Å². The lowest BCUT2D eigenvalue weighted by molar-refractivity contribution is -0.134. The third-order valence-electron chi connectivity index (χ3n) is 5.27. The summed E-state index contributed by atoms with van der Waals surface area (Å²) < 4.78 is 0. The van der Waals surface area contributed by atoms with E-state index in [4.69, 9.17) is 0 Å². The molecule has 1 aromatic rings. The lowest BCUT2D eigenvalue weighted by atomic mass is 9.78. The summed E-state index contributed by atoms with van der Waals surface area (Å²) in [5.41, 5.74) is 1.09. The summed E-state index contributed by atoms with van der Waals surface area (Å²) in [4.78, 5) is 25.7. The van der Waals surface area contributed by atoms with Gasteiger partial charge >= 0.3 is 0 Å². The molecule has 126 valence electrons. The fourth-order valence-electron chi connectivity index (χ4n) is 3.09. The molecule has 1 aliphatic rings. The van der Waals surface area contributed by atoms with E-state index in [-0.39, 0.29) is 29.2 Å². The standard InChI is InChI=1S/C19H28N2O2/c1-14(19(3,4)17-8-6-5-7-9-17)20-18(23)16-10-12-21(13-11-16)15(2)22/h5-9,14,16H,10-13H2,1-4H3,(H,20,23)/t14-/m1/s1. The highest BCUT2D eigenvalue weighted by molar-refractivity contribution is 5.80. The smallest absolute Gasteiger partial charge is 0.223 e. The maximum Gasteiger partial charge on any atom is 0.223 e.